The molecule has 0 aliphatic carbocycles. The number of urea groups is 1. The second-order valence-corrected chi connectivity index (χ2v) is 11.2. The number of carbonyl (C=O) groups is 1. The summed E-state index contributed by atoms with van der Waals surface area (Å²) in [4.78, 5) is 19.8. The molecule has 38 heavy (non-hydrogen) atoms. The Kier molecular flexibility index (Phi) is 6.55. The largest absolute Gasteiger partial charge is 0.497 e. The Labute approximate surface area is 231 Å². The van der Waals surface area contributed by atoms with E-state index in [1.165, 1.54) is 21.0 Å². The lowest BCUT2D eigenvalue weighted by molar-refractivity contribution is 0.194. The van der Waals surface area contributed by atoms with E-state index in [1.807, 2.05) is 52.6 Å². The summed E-state index contributed by atoms with van der Waals surface area (Å²) in [6.45, 7) is 2.40. The molecule has 0 bridgehead atoms. The molecule has 2 aromatic heterocycles. The molecule has 2 aliphatic heterocycles. The van der Waals surface area contributed by atoms with Crippen molar-refractivity contribution in [2.75, 3.05) is 33.1 Å². The van der Waals surface area contributed by atoms with Crippen molar-refractivity contribution in [2.24, 2.45) is 0 Å². The second-order valence-electron chi connectivity index (χ2n) is 9.66. The molecule has 2 amide bonds. The number of fused-ring (bicyclic) bond motifs is 5. The third kappa shape index (κ3) is 4.32. The zero-order valence-electron chi connectivity index (χ0n) is 21.5. The van der Waals surface area contributed by atoms with E-state index in [9.17, 15) is 4.79 Å². The number of amides is 2. The zero-order chi connectivity index (χ0) is 26.4. The molecular weight excluding hydrogens is 520 g/mol. The number of rotatable bonds is 4. The summed E-state index contributed by atoms with van der Waals surface area (Å²) < 4.78 is 13.2. The molecule has 0 radical (unpaired) electrons. The molecule has 2 aliphatic rings. The Morgan fingerprint density at radius 1 is 1.05 bits per heavy atom. The molecule has 9 heteroatoms. The number of carbonyl (C=O) groups excluding carboxylic acids is 1. The van der Waals surface area contributed by atoms with Crippen LogP contribution in [0.3, 0.4) is 0 Å². The van der Waals surface area contributed by atoms with Crippen molar-refractivity contribution in [1.29, 1.82) is 0 Å². The first-order valence-electron chi connectivity index (χ1n) is 12.5. The van der Waals surface area contributed by atoms with E-state index in [-0.39, 0.29) is 12.1 Å². The number of nitrogens with one attached hydrogen (secondary N) is 1. The monoisotopic (exact) mass is 548 g/mol. The highest BCUT2D eigenvalue weighted by atomic mass is 35.5. The van der Waals surface area contributed by atoms with Gasteiger partial charge in [-0.2, -0.15) is 0 Å². The first kappa shape index (κ1) is 24.9. The van der Waals surface area contributed by atoms with Crippen LogP contribution in [0.1, 0.15) is 33.3 Å². The molecule has 0 fully saturated rings. The predicted molar refractivity (Wildman–Crippen MR) is 151 cm³/mol. The maximum absolute atomic E-state index is 14.2. The van der Waals surface area contributed by atoms with Gasteiger partial charge in [-0.3, -0.25) is 0 Å². The summed E-state index contributed by atoms with van der Waals surface area (Å²) in [5.41, 5.74) is 5.11. The smallest absolute Gasteiger partial charge is 0.323 e. The number of ether oxygens (including phenoxy) is 2. The number of methoxy groups -OCH3 is 2. The van der Waals surface area contributed by atoms with Gasteiger partial charge in [0.05, 0.1) is 38.2 Å². The highest BCUT2D eigenvalue weighted by Crippen LogP contribution is 2.44. The molecule has 0 saturated carbocycles. The van der Waals surface area contributed by atoms with Gasteiger partial charge in [0.15, 0.2) is 0 Å². The number of nitrogens with zero attached hydrogens (tertiary/aromatic N) is 3. The minimum absolute atomic E-state index is 0.227. The van der Waals surface area contributed by atoms with Crippen LogP contribution in [0.15, 0.2) is 60.8 Å². The van der Waals surface area contributed by atoms with Crippen molar-refractivity contribution in [2.45, 2.75) is 25.6 Å². The van der Waals surface area contributed by atoms with Gasteiger partial charge in [0, 0.05) is 40.8 Å². The van der Waals surface area contributed by atoms with Gasteiger partial charge in [0.1, 0.15) is 16.5 Å². The van der Waals surface area contributed by atoms with Crippen LogP contribution in [0.2, 0.25) is 5.02 Å². The number of hydrogen-bond donors (Lipinski definition) is 1. The average molecular weight is 549 g/mol. The van der Waals surface area contributed by atoms with Crippen molar-refractivity contribution in [3.05, 3.63) is 93.1 Å². The second kappa shape index (κ2) is 10.0. The number of benzene rings is 2. The highest BCUT2D eigenvalue weighted by Gasteiger charge is 2.36. The van der Waals surface area contributed by atoms with Crippen LogP contribution in [-0.2, 0) is 19.5 Å². The molecule has 4 heterocycles. The van der Waals surface area contributed by atoms with Crippen molar-refractivity contribution in [1.82, 2.24) is 14.4 Å². The minimum atomic E-state index is -0.346. The van der Waals surface area contributed by atoms with Gasteiger partial charge in [-0.1, -0.05) is 23.7 Å². The Morgan fingerprint density at radius 2 is 1.92 bits per heavy atom. The van der Waals surface area contributed by atoms with E-state index in [2.05, 4.69) is 34.1 Å². The number of halogens is 1. The Balaban J connectivity index is 1.49. The summed E-state index contributed by atoms with van der Waals surface area (Å²) >= 11 is 8.29. The summed E-state index contributed by atoms with van der Waals surface area (Å²) in [6, 6.07) is 16.7. The van der Waals surface area contributed by atoms with Crippen LogP contribution in [0.5, 0.6) is 11.5 Å². The quantitative estimate of drug-likeness (QED) is 0.323. The van der Waals surface area contributed by atoms with Crippen molar-refractivity contribution in [3.63, 3.8) is 0 Å². The van der Waals surface area contributed by atoms with Gasteiger partial charge in [0.25, 0.3) is 0 Å². The van der Waals surface area contributed by atoms with Gasteiger partial charge in [-0.05, 0) is 61.0 Å². The van der Waals surface area contributed by atoms with Crippen LogP contribution >= 0.6 is 22.9 Å². The van der Waals surface area contributed by atoms with E-state index in [1.54, 1.807) is 26.4 Å². The fourth-order valence-corrected chi connectivity index (χ4v) is 7.12. The highest BCUT2D eigenvalue weighted by molar-refractivity contribution is 7.15. The lowest BCUT2D eigenvalue weighted by Gasteiger charge is -2.32. The van der Waals surface area contributed by atoms with Gasteiger partial charge in [0.2, 0.25) is 0 Å². The summed E-state index contributed by atoms with van der Waals surface area (Å²) in [5.74, 6) is 1.20. The first-order chi connectivity index (χ1) is 18.5. The minimum Gasteiger partial charge on any atom is -0.497 e. The maximum Gasteiger partial charge on any atom is 0.323 e. The van der Waals surface area contributed by atoms with Crippen LogP contribution in [0.25, 0.3) is 5.00 Å². The molecule has 0 saturated heterocycles. The first-order valence-corrected chi connectivity index (χ1v) is 13.7. The van der Waals surface area contributed by atoms with Crippen LogP contribution in [0.4, 0.5) is 10.5 Å². The SMILES string of the molecule is COc1ccc(OC)c(NC(=O)N2Cc3c(sc4c3CCN(C)C4)-n3cccc3[C@@H]2c2cccc(Cl)c2)c1. The number of likely N-dealkylation sites (N-methyl/N-ethyl adjacent to an activating group) is 1. The number of hydrogen-bond acceptors (Lipinski definition) is 5. The van der Waals surface area contributed by atoms with Crippen molar-refractivity contribution < 1.29 is 14.3 Å². The lowest BCUT2D eigenvalue weighted by Crippen LogP contribution is -2.38. The molecule has 0 spiro atoms. The van der Waals surface area contributed by atoms with Crippen LogP contribution in [0, 0.1) is 0 Å². The number of anilines is 1. The van der Waals surface area contributed by atoms with E-state index in [0.29, 0.717) is 28.8 Å². The fraction of sp³-hybridized carbons (Fsp3) is 0.276. The van der Waals surface area contributed by atoms with Crippen molar-refractivity contribution >= 4 is 34.7 Å². The maximum atomic E-state index is 14.2. The standard InChI is InChI=1S/C29H29ClN4O3S/c1-32-13-11-21-22-16-34(29(35)31-23-15-20(36-2)9-10-25(23)37-3)27(18-6-4-7-19(30)14-18)24-8-5-12-33(24)28(22)38-26(21)17-32/h4-10,12,14-15,27H,11,13,16-17H2,1-3H3,(H,31,35)/t27-/m0/s1. The Hall–Kier alpha value is -3.46. The average Bonchev–Trinajstić information content (AvgIpc) is 3.49. The van der Waals surface area contributed by atoms with E-state index in [4.69, 9.17) is 21.1 Å². The van der Waals surface area contributed by atoms with Gasteiger partial charge < -0.3 is 29.2 Å². The van der Waals surface area contributed by atoms with E-state index in [0.717, 1.165) is 30.8 Å². The number of thiophene rings is 1. The summed E-state index contributed by atoms with van der Waals surface area (Å²) in [5, 5.41) is 4.94. The molecule has 1 atom stereocenters. The Bertz CT molecular complexity index is 1510. The Morgan fingerprint density at radius 3 is 2.71 bits per heavy atom. The summed E-state index contributed by atoms with van der Waals surface area (Å²) in [7, 11) is 5.35. The van der Waals surface area contributed by atoms with Gasteiger partial charge in [-0.15, -0.1) is 11.3 Å². The molecule has 196 valence electrons. The zero-order valence-corrected chi connectivity index (χ0v) is 23.1. The molecule has 7 nitrogen and oxygen atoms in total. The molecule has 2 aromatic carbocycles. The molecule has 4 aromatic rings. The molecule has 0 unspecified atom stereocenters. The van der Waals surface area contributed by atoms with Crippen molar-refractivity contribution in [3.8, 4) is 16.5 Å². The number of aromatic nitrogens is 1. The topological polar surface area (TPSA) is 59.0 Å². The third-order valence-corrected chi connectivity index (χ3v) is 8.82. The third-order valence-electron chi connectivity index (χ3n) is 7.33. The van der Waals surface area contributed by atoms with Crippen LogP contribution < -0.4 is 14.8 Å². The summed E-state index contributed by atoms with van der Waals surface area (Å²) in [6.07, 6.45) is 3.07. The van der Waals surface area contributed by atoms with Gasteiger partial charge in [-0.25, -0.2) is 4.79 Å². The molecule has 1 N–H and O–H groups in total. The molecule has 6 rings (SSSR count). The van der Waals surface area contributed by atoms with E-state index >= 15 is 0 Å². The predicted octanol–water partition coefficient (Wildman–Crippen LogP) is 6.33. The van der Waals surface area contributed by atoms with Gasteiger partial charge >= 0.3 is 6.03 Å². The molecular formula is C29H29ClN4O3S. The van der Waals surface area contributed by atoms with Crippen LogP contribution in [-0.4, -0.2) is 48.2 Å². The lowest BCUT2D eigenvalue weighted by atomic mass is 10.0. The van der Waals surface area contributed by atoms with E-state index < -0.39 is 0 Å². The normalized spacial score (nSPS) is 16.7. The fourth-order valence-electron chi connectivity index (χ4n) is 5.48.